The van der Waals surface area contributed by atoms with Crippen molar-refractivity contribution in [3.05, 3.63) is 82.8 Å². The highest BCUT2D eigenvalue weighted by Crippen LogP contribution is 2.60. The van der Waals surface area contributed by atoms with Crippen molar-refractivity contribution in [2.45, 2.75) is 11.8 Å². The average Bonchev–Trinajstić information content (AvgIpc) is 2.88. The molecule has 1 aliphatic heterocycles. The molecule has 22 heavy (non-hydrogen) atoms. The minimum absolute atomic E-state index is 0.0479. The molecule has 2 heteroatoms. The van der Waals surface area contributed by atoms with Gasteiger partial charge in [-0.2, -0.15) is 0 Å². The molecule has 0 bridgehead atoms. The number of hydrogen-bond donors (Lipinski definition) is 0. The monoisotopic (exact) mass is 302 g/mol. The Balaban J connectivity index is 1.85. The van der Waals surface area contributed by atoms with Gasteiger partial charge in [0.25, 0.3) is 0 Å². The lowest BCUT2D eigenvalue weighted by atomic mass is 9.74. The molecule has 0 amide bonds. The summed E-state index contributed by atoms with van der Waals surface area (Å²) in [4.78, 5) is 13.7. The molecular weight excluding hydrogens is 288 g/mol. The summed E-state index contributed by atoms with van der Waals surface area (Å²) in [5.74, 6) is 0.0479. The maximum absolute atomic E-state index is 12.6. The second kappa shape index (κ2) is 4.23. The SMILES string of the molecule is O=C1SC2=CC=CC=CC23c2cc4ccccc4cc2CC13. The van der Waals surface area contributed by atoms with Crippen LogP contribution >= 0.6 is 11.8 Å². The quantitative estimate of drug-likeness (QED) is 0.711. The lowest BCUT2D eigenvalue weighted by molar-refractivity contribution is -0.114. The third kappa shape index (κ3) is 1.43. The minimum Gasteiger partial charge on any atom is -0.286 e. The number of hydrogen-bond acceptors (Lipinski definition) is 2. The highest BCUT2D eigenvalue weighted by Gasteiger charge is 2.56. The van der Waals surface area contributed by atoms with Crippen LogP contribution in [-0.2, 0) is 16.6 Å². The van der Waals surface area contributed by atoms with Gasteiger partial charge in [0.2, 0.25) is 0 Å². The Kier molecular flexibility index (Phi) is 2.40. The Bertz CT molecular complexity index is 918. The lowest BCUT2D eigenvalue weighted by Crippen LogP contribution is -2.28. The predicted molar refractivity (Wildman–Crippen MR) is 91.8 cm³/mol. The second-order valence-electron chi connectivity index (χ2n) is 6.18. The lowest BCUT2D eigenvalue weighted by Gasteiger charge is -2.27. The van der Waals surface area contributed by atoms with Gasteiger partial charge in [0.05, 0.1) is 11.3 Å². The molecule has 106 valence electrons. The summed E-state index contributed by atoms with van der Waals surface area (Å²) < 4.78 is 0. The molecule has 2 aromatic carbocycles. The number of carbonyl (C=O) groups is 1. The summed E-state index contributed by atoms with van der Waals surface area (Å²) in [6, 6.07) is 13.0. The Hall–Kier alpha value is -2.06. The number of carbonyl (C=O) groups excluding carboxylic acids is 1. The van der Waals surface area contributed by atoms with Gasteiger partial charge in [-0.3, -0.25) is 4.79 Å². The largest absolute Gasteiger partial charge is 0.286 e. The first-order valence-electron chi connectivity index (χ1n) is 7.59. The molecule has 0 N–H and O–H groups in total. The second-order valence-corrected chi connectivity index (χ2v) is 7.22. The molecule has 2 aliphatic carbocycles. The zero-order chi connectivity index (χ0) is 14.7. The Morgan fingerprint density at radius 1 is 1.05 bits per heavy atom. The Morgan fingerprint density at radius 2 is 1.86 bits per heavy atom. The molecule has 1 saturated heterocycles. The third-order valence-electron chi connectivity index (χ3n) is 5.12. The van der Waals surface area contributed by atoms with Gasteiger partial charge >= 0.3 is 0 Å². The van der Waals surface area contributed by atoms with Crippen LogP contribution in [0.25, 0.3) is 10.8 Å². The highest BCUT2D eigenvalue weighted by molar-refractivity contribution is 8.17. The molecule has 2 atom stereocenters. The fourth-order valence-corrected chi connectivity index (χ4v) is 5.39. The van der Waals surface area contributed by atoms with Crippen LogP contribution in [0.4, 0.5) is 0 Å². The van der Waals surface area contributed by atoms with Crippen LogP contribution in [0.1, 0.15) is 11.1 Å². The van der Waals surface area contributed by atoms with Crippen molar-refractivity contribution in [1.82, 2.24) is 0 Å². The van der Waals surface area contributed by atoms with Gasteiger partial charge in [0, 0.05) is 4.91 Å². The first kappa shape index (κ1) is 12.5. The zero-order valence-electron chi connectivity index (χ0n) is 12.0. The third-order valence-corrected chi connectivity index (χ3v) is 6.30. The van der Waals surface area contributed by atoms with Crippen LogP contribution in [0.5, 0.6) is 0 Å². The number of thioether (sulfide) groups is 1. The number of fused-ring (bicyclic) bond motifs is 2. The van der Waals surface area contributed by atoms with Crippen LogP contribution in [0, 0.1) is 5.92 Å². The van der Waals surface area contributed by atoms with E-state index in [9.17, 15) is 4.79 Å². The van der Waals surface area contributed by atoms with E-state index >= 15 is 0 Å². The standard InChI is InChI=1S/C20H14OS/c21-19-17-12-15-10-13-6-3-4-7-14(13)11-16(15)20(17)9-5-1-2-8-18(20)22-19/h1-11,17H,12H2. The van der Waals surface area contributed by atoms with E-state index in [1.54, 1.807) is 0 Å². The van der Waals surface area contributed by atoms with E-state index in [0.717, 1.165) is 6.42 Å². The predicted octanol–water partition coefficient (Wildman–Crippen LogP) is 4.53. The van der Waals surface area contributed by atoms with Gasteiger partial charge in [-0.1, -0.05) is 72.5 Å². The van der Waals surface area contributed by atoms with Gasteiger partial charge < -0.3 is 0 Å². The van der Waals surface area contributed by atoms with E-state index in [0.29, 0.717) is 5.12 Å². The smallest absolute Gasteiger partial charge is 0.198 e. The fraction of sp³-hybridized carbons (Fsp3) is 0.150. The maximum atomic E-state index is 12.6. The van der Waals surface area contributed by atoms with Crippen molar-refractivity contribution >= 4 is 27.6 Å². The minimum atomic E-state index is -0.232. The topological polar surface area (TPSA) is 17.1 Å². The number of benzene rings is 2. The normalized spacial score (nSPS) is 28.3. The maximum Gasteiger partial charge on any atom is 0.198 e. The molecule has 5 rings (SSSR count). The van der Waals surface area contributed by atoms with E-state index in [4.69, 9.17) is 0 Å². The summed E-state index contributed by atoms with van der Waals surface area (Å²) in [7, 11) is 0. The molecule has 1 heterocycles. The van der Waals surface area contributed by atoms with Crippen molar-refractivity contribution in [3.63, 3.8) is 0 Å². The Morgan fingerprint density at radius 3 is 2.73 bits per heavy atom. The van der Waals surface area contributed by atoms with Gasteiger partial charge in [-0.25, -0.2) is 0 Å². The van der Waals surface area contributed by atoms with Crippen molar-refractivity contribution in [1.29, 1.82) is 0 Å². The van der Waals surface area contributed by atoms with Crippen molar-refractivity contribution in [2.24, 2.45) is 5.92 Å². The number of allylic oxidation sites excluding steroid dienone is 6. The molecule has 0 saturated carbocycles. The molecule has 1 spiro atoms. The average molecular weight is 302 g/mol. The van der Waals surface area contributed by atoms with Crippen LogP contribution in [0.15, 0.2) is 71.7 Å². The van der Waals surface area contributed by atoms with Crippen LogP contribution in [-0.4, -0.2) is 5.12 Å². The van der Waals surface area contributed by atoms with E-state index in [-0.39, 0.29) is 11.3 Å². The van der Waals surface area contributed by atoms with E-state index in [1.807, 2.05) is 6.08 Å². The molecule has 0 radical (unpaired) electrons. The molecule has 1 nitrogen and oxygen atoms in total. The molecule has 1 fully saturated rings. The zero-order valence-corrected chi connectivity index (χ0v) is 12.8. The van der Waals surface area contributed by atoms with Crippen molar-refractivity contribution in [2.75, 3.05) is 0 Å². The molecular formula is C20H14OS. The van der Waals surface area contributed by atoms with E-state index in [1.165, 1.54) is 38.6 Å². The first-order valence-corrected chi connectivity index (χ1v) is 8.41. The van der Waals surface area contributed by atoms with Gasteiger partial charge in [0.1, 0.15) is 0 Å². The first-order chi connectivity index (χ1) is 10.8. The molecule has 0 aromatic heterocycles. The van der Waals surface area contributed by atoms with Crippen molar-refractivity contribution < 1.29 is 4.79 Å². The van der Waals surface area contributed by atoms with Crippen LogP contribution in [0.2, 0.25) is 0 Å². The van der Waals surface area contributed by atoms with Gasteiger partial charge in [-0.15, -0.1) is 0 Å². The van der Waals surface area contributed by atoms with Crippen LogP contribution < -0.4 is 0 Å². The summed E-state index contributed by atoms with van der Waals surface area (Å²) in [5.41, 5.74) is 2.42. The summed E-state index contributed by atoms with van der Waals surface area (Å²) in [6.07, 6.45) is 11.4. The van der Waals surface area contributed by atoms with Gasteiger partial charge in [0.15, 0.2) is 5.12 Å². The highest BCUT2D eigenvalue weighted by atomic mass is 32.2. The van der Waals surface area contributed by atoms with Crippen LogP contribution in [0.3, 0.4) is 0 Å². The Labute approximate surface area is 133 Å². The summed E-state index contributed by atoms with van der Waals surface area (Å²) in [6.45, 7) is 0. The molecule has 2 unspecified atom stereocenters. The summed E-state index contributed by atoms with van der Waals surface area (Å²) in [5, 5.41) is 2.83. The molecule has 3 aliphatic rings. The van der Waals surface area contributed by atoms with Crippen molar-refractivity contribution in [3.8, 4) is 0 Å². The fourth-order valence-electron chi connectivity index (χ4n) is 4.12. The number of rotatable bonds is 0. The summed E-state index contributed by atoms with van der Waals surface area (Å²) >= 11 is 1.43. The van der Waals surface area contributed by atoms with E-state index < -0.39 is 0 Å². The van der Waals surface area contributed by atoms with Gasteiger partial charge in [-0.05, 0) is 34.4 Å². The van der Waals surface area contributed by atoms with E-state index in [2.05, 4.69) is 60.7 Å². The molecule has 2 aromatic rings.